The molecular weight excluding hydrogens is 212 g/mol. The van der Waals surface area contributed by atoms with Gasteiger partial charge in [-0.2, -0.15) is 0 Å². The normalized spacial score (nSPS) is 15.4. The Morgan fingerprint density at radius 3 is 2.42 bits per heavy atom. The van der Waals surface area contributed by atoms with Crippen molar-refractivity contribution in [2.24, 2.45) is 11.3 Å². The van der Waals surface area contributed by atoms with Gasteiger partial charge in [-0.15, -0.1) is 0 Å². The highest BCUT2D eigenvalue weighted by Gasteiger charge is 2.22. The molecule has 72 valence electrons. The third kappa shape index (κ3) is 4.30. The van der Waals surface area contributed by atoms with Crippen LogP contribution in [0.1, 0.15) is 47.0 Å². The molecule has 0 bridgehead atoms. The lowest BCUT2D eigenvalue weighted by Crippen LogP contribution is -2.19. The van der Waals surface area contributed by atoms with Crippen molar-refractivity contribution in [3.63, 3.8) is 0 Å². The van der Waals surface area contributed by atoms with Crippen LogP contribution in [0.4, 0.5) is 0 Å². The minimum atomic E-state index is 0.445. The van der Waals surface area contributed by atoms with Crippen LogP contribution in [0.25, 0.3) is 0 Å². The third-order valence-corrected chi connectivity index (χ3v) is 3.07. The highest BCUT2D eigenvalue weighted by Crippen LogP contribution is 2.33. The molecule has 0 aromatic carbocycles. The molecule has 0 aliphatic carbocycles. The van der Waals surface area contributed by atoms with Gasteiger partial charge in [0.25, 0.3) is 0 Å². The molecule has 0 heterocycles. The third-order valence-electron chi connectivity index (χ3n) is 2.77. The first-order valence-electron chi connectivity index (χ1n) is 4.81. The van der Waals surface area contributed by atoms with Gasteiger partial charge in [0.05, 0.1) is 0 Å². The van der Waals surface area contributed by atoms with Gasteiger partial charge in [-0.05, 0) is 22.7 Å². The molecule has 0 aromatic rings. The molecule has 0 aliphatic rings. The summed E-state index contributed by atoms with van der Waals surface area (Å²) < 4.78 is 0. The highest BCUT2D eigenvalue weighted by atomic mass is 79.9. The number of rotatable bonds is 5. The summed E-state index contributed by atoms with van der Waals surface area (Å²) in [6.45, 7) is 9.23. The van der Waals surface area contributed by atoms with Crippen molar-refractivity contribution in [2.45, 2.75) is 47.0 Å². The van der Waals surface area contributed by atoms with E-state index >= 15 is 0 Å². The standard InChI is InChI=1S/C11H21Br/c1-5-6-8-11(3,4)10(2)7-9-12/h7,9-10H,5-6,8H2,1-4H3/b9-7+. The van der Waals surface area contributed by atoms with E-state index in [2.05, 4.69) is 49.7 Å². The van der Waals surface area contributed by atoms with Crippen molar-refractivity contribution < 1.29 is 0 Å². The largest absolute Gasteiger partial charge is 0.0742 e. The Balaban J connectivity index is 3.98. The van der Waals surface area contributed by atoms with E-state index in [1.165, 1.54) is 19.3 Å². The van der Waals surface area contributed by atoms with E-state index in [-0.39, 0.29) is 0 Å². The zero-order chi connectivity index (χ0) is 9.61. The van der Waals surface area contributed by atoms with Gasteiger partial charge in [0.15, 0.2) is 0 Å². The summed E-state index contributed by atoms with van der Waals surface area (Å²) in [5.41, 5.74) is 0.445. The monoisotopic (exact) mass is 232 g/mol. The van der Waals surface area contributed by atoms with Gasteiger partial charge in [0.1, 0.15) is 0 Å². The van der Waals surface area contributed by atoms with E-state index in [1.807, 2.05) is 4.99 Å². The minimum Gasteiger partial charge on any atom is -0.0742 e. The topological polar surface area (TPSA) is 0 Å². The fraction of sp³-hybridized carbons (Fsp3) is 0.818. The SMILES string of the molecule is CCCCC(C)(C)C(C)/C=C/Br. The molecule has 0 aromatic heterocycles. The van der Waals surface area contributed by atoms with Crippen LogP contribution in [-0.4, -0.2) is 0 Å². The van der Waals surface area contributed by atoms with Crippen molar-refractivity contribution in [3.8, 4) is 0 Å². The molecule has 0 fully saturated rings. The molecule has 1 unspecified atom stereocenters. The second-order valence-corrected chi connectivity index (χ2v) is 4.73. The Bertz CT molecular complexity index is 136. The van der Waals surface area contributed by atoms with Crippen LogP contribution < -0.4 is 0 Å². The molecule has 0 aliphatic heterocycles. The van der Waals surface area contributed by atoms with Gasteiger partial charge in [-0.3, -0.25) is 0 Å². The lowest BCUT2D eigenvalue weighted by Gasteiger charge is -2.29. The van der Waals surface area contributed by atoms with Crippen molar-refractivity contribution in [1.29, 1.82) is 0 Å². The van der Waals surface area contributed by atoms with Crippen molar-refractivity contribution in [2.75, 3.05) is 0 Å². The first kappa shape index (κ1) is 12.2. The smallest absolute Gasteiger partial charge is 0.0202 e. The van der Waals surface area contributed by atoms with E-state index in [0.29, 0.717) is 11.3 Å². The van der Waals surface area contributed by atoms with Crippen LogP contribution in [0, 0.1) is 11.3 Å². The molecule has 0 saturated heterocycles. The molecular formula is C11H21Br. The lowest BCUT2D eigenvalue weighted by molar-refractivity contribution is 0.247. The number of halogens is 1. The van der Waals surface area contributed by atoms with Crippen LogP contribution >= 0.6 is 15.9 Å². The molecule has 12 heavy (non-hydrogen) atoms. The summed E-state index contributed by atoms with van der Waals surface area (Å²) in [6, 6.07) is 0. The van der Waals surface area contributed by atoms with Gasteiger partial charge in [-0.1, -0.05) is 62.5 Å². The van der Waals surface area contributed by atoms with Gasteiger partial charge >= 0.3 is 0 Å². The molecule has 0 radical (unpaired) electrons. The van der Waals surface area contributed by atoms with Crippen molar-refractivity contribution >= 4 is 15.9 Å². The Labute approximate surface area is 85.6 Å². The zero-order valence-corrected chi connectivity index (χ0v) is 10.3. The lowest BCUT2D eigenvalue weighted by atomic mass is 9.76. The molecule has 0 nitrogen and oxygen atoms in total. The minimum absolute atomic E-state index is 0.445. The number of allylic oxidation sites excluding steroid dienone is 1. The number of hydrogen-bond donors (Lipinski definition) is 0. The van der Waals surface area contributed by atoms with E-state index in [1.54, 1.807) is 0 Å². The maximum absolute atomic E-state index is 3.33. The van der Waals surface area contributed by atoms with Gasteiger partial charge in [0.2, 0.25) is 0 Å². The first-order valence-corrected chi connectivity index (χ1v) is 5.73. The fourth-order valence-corrected chi connectivity index (χ4v) is 1.69. The van der Waals surface area contributed by atoms with E-state index in [0.717, 1.165) is 0 Å². The predicted molar refractivity (Wildman–Crippen MR) is 60.5 cm³/mol. The molecule has 1 heteroatoms. The van der Waals surface area contributed by atoms with Crippen LogP contribution in [0.3, 0.4) is 0 Å². The summed E-state index contributed by atoms with van der Waals surface area (Å²) in [7, 11) is 0. The maximum atomic E-state index is 3.33. The van der Waals surface area contributed by atoms with Gasteiger partial charge < -0.3 is 0 Å². The average Bonchev–Trinajstić information content (AvgIpc) is 2.01. The zero-order valence-electron chi connectivity index (χ0n) is 8.73. The number of unbranched alkanes of at least 4 members (excludes halogenated alkanes) is 1. The molecule has 0 rings (SSSR count). The number of hydrogen-bond acceptors (Lipinski definition) is 0. The summed E-state index contributed by atoms with van der Waals surface area (Å²) in [6.07, 6.45) is 6.19. The van der Waals surface area contributed by atoms with Crippen molar-refractivity contribution in [3.05, 3.63) is 11.1 Å². The summed E-state index contributed by atoms with van der Waals surface area (Å²) in [4.78, 5) is 1.98. The Hall–Kier alpha value is 0.220. The van der Waals surface area contributed by atoms with Crippen LogP contribution in [-0.2, 0) is 0 Å². The van der Waals surface area contributed by atoms with E-state index in [9.17, 15) is 0 Å². The maximum Gasteiger partial charge on any atom is -0.0202 e. The Morgan fingerprint density at radius 1 is 1.42 bits per heavy atom. The van der Waals surface area contributed by atoms with Crippen LogP contribution in [0.15, 0.2) is 11.1 Å². The highest BCUT2D eigenvalue weighted by molar-refractivity contribution is 9.11. The molecule has 1 atom stereocenters. The average molecular weight is 233 g/mol. The van der Waals surface area contributed by atoms with Gasteiger partial charge in [0, 0.05) is 0 Å². The second-order valence-electron chi connectivity index (χ2n) is 4.20. The van der Waals surface area contributed by atoms with Crippen LogP contribution in [0.5, 0.6) is 0 Å². The molecule has 0 saturated carbocycles. The quantitative estimate of drug-likeness (QED) is 0.642. The molecule has 0 N–H and O–H groups in total. The van der Waals surface area contributed by atoms with Gasteiger partial charge in [-0.25, -0.2) is 0 Å². The van der Waals surface area contributed by atoms with Crippen LogP contribution in [0.2, 0.25) is 0 Å². The fourth-order valence-electron chi connectivity index (χ4n) is 1.23. The van der Waals surface area contributed by atoms with Crippen molar-refractivity contribution in [1.82, 2.24) is 0 Å². The summed E-state index contributed by atoms with van der Waals surface area (Å²) in [5.74, 6) is 0.656. The second kappa shape index (κ2) is 5.80. The predicted octanol–water partition coefficient (Wildman–Crippen LogP) is 4.75. The first-order chi connectivity index (χ1) is 5.54. The van der Waals surface area contributed by atoms with E-state index < -0.39 is 0 Å². The Morgan fingerprint density at radius 2 is 2.00 bits per heavy atom. The summed E-state index contributed by atoms with van der Waals surface area (Å²) in [5, 5.41) is 0. The van der Waals surface area contributed by atoms with E-state index in [4.69, 9.17) is 0 Å². The summed E-state index contributed by atoms with van der Waals surface area (Å²) >= 11 is 3.33. The Kier molecular flexibility index (Phi) is 5.90. The molecule has 0 amide bonds. The molecule has 0 spiro atoms.